The summed E-state index contributed by atoms with van der Waals surface area (Å²) < 4.78 is 4.60. The zero-order valence-electron chi connectivity index (χ0n) is 10.8. The summed E-state index contributed by atoms with van der Waals surface area (Å²) in [6.07, 6.45) is 1.43. The van der Waals surface area contributed by atoms with Gasteiger partial charge in [0.15, 0.2) is 0 Å². The van der Waals surface area contributed by atoms with Crippen LogP contribution in [0, 0.1) is 0 Å². The van der Waals surface area contributed by atoms with E-state index in [4.69, 9.17) is 0 Å². The van der Waals surface area contributed by atoms with Crippen molar-refractivity contribution >= 4 is 17.9 Å². The molecular formula is C15H13NO4. The lowest BCUT2D eigenvalue weighted by atomic mass is 10.2. The molecule has 0 unspecified atom stereocenters. The molecule has 0 heterocycles. The van der Waals surface area contributed by atoms with Gasteiger partial charge >= 0.3 is 5.97 Å². The third-order valence-corrected chi connectivity index (χ3v) is 2.65. The summed E-state index contributed by atoms with van der Waals surface area (Å²) in [5.41, 5.74) is 1.45. The maximum Gasteiger partial charge on any atom is 0.337 e. The number of carbonyl (C=O) groups is 1. The van der Waals surface area contributed by atoms with Crippen molar-refractivity contribution < 1.29 is 19.7 Å². The highest BCUT2D eigenvalue weighted by Crippen LogP contribution is 2.21. The van der Waals surface area contributed by atoms with E-state index < -0.39 is 5.97 Å². The first kappa shape index (κ1) is 13.6. The van der Waals surface area contributed by atoms with E-state index in [0.717, 1.165) is 0 Å². The Hall–Kier alpha value is -2.82. The fourth-order valence-corrected chi connectivity index (χ4v) is 1.59. The first-order chi connectivity index (χ1) is 9.60. The molecule has 0 radical (unpaired) electrons. The van der Waals surface area contributed by atoms with Crippen molar-refractivity contribution in [1.29, 1.82) is 0 Å². The van der Waals surface area contributed by atoms with Crippen molar-refractivity contribution in [2.75, 3.05) is 7.11 Å². The van der Waals surface area contributed by atoms with Gasteiger partial charge in [0.25, 0.3) is 0 Å². The molecule has 0 bridgehead atoms. The number of phenolic OH excluding ortho intramolecular Hbond substituents is 2. The Bertz CT molecular complexity index is 647. The molecule has 2 aromatic carbocycles. The molecule has 0 spiro atoms. The number of carbonyl (C=O) groups excluding carboxylic acids is 1. The molecule has 5 nitrogen and oxygen atoms in total. The first-order valence-electron chi connectivity index (χ1n) is 5.84. The smallest absolute Gasteiger partial charge is 0.337 e. The van der Waals surface area contributed by atoms with Gasteiger partial charge in [-0.05, 0) is 42.5 Å². The van der Waals surface area contributed by atoms with E-state index in [1.807, 2.05) is 0 Å². The lowest BCUT2D eigenvalue weighted by molar-refractivity contribution is 0.0601. The Morgan fingerprint density at radius 2 is 1.85 bits per heavy atom. The third-order valence-electron chi connectivity index (χ3n) is 2.65. The normalized spacial score (nSPS) is 10.7. The zero-order valence-corrected chi connectivity index (χ0v) is 10.8. The molecule has 102 valence electrons. The van der Waals surface area contributed by atoms with Gasteiger partial charge in [-0.3, -0.25) is 4.99 Å². The summed E-state index contributed by atoms with van der Waals surface area (Å²) in [5, 5.41) is 18.9. The molecule has 0 aliphatic rings. The largest absolute Gasteiger partial charge is 0.508 e. The van der Waals surface area contributed by atoms with Crippen LogP contribution in [0.2, 0.25) is 0 Å². The van der Waals surface area contributed by atoms with Crippen LogP contribution >= 0.6 is 0 Å². The molecular weight excluding hydrogens is 260 g/mol. The molecule has 2 rings (SSSR count). The van der Waals surface area contributed by atoms with Gasteiger partial charge in [0, 0.05) is 11.8 Å². The van der Waals surface area contributed by atoms with Crippen LogP contribution in [0.3, 0.4) is 0 Å². The van der Waals surface area contributed by atoms with Gasteiger partial charge in [-0.15, -0.1) is 0 Å². The standard InChI is InChI=1S/C15H13NO4/c1-20-15(19)10-2-4-12(5-3-10)16-9-11-8-13(17)6-7-14(11)18/h2-9,17-18H,1H3/i15+2. The number of hydrogen-bond donors (Lipinski definition) is 2. The van der Waals surface area contributed by atoms with Gasteiger partial charge in [0.2, 0.25) is 0 Å². The first-order valence-corrected chi connectivity index (χ1v) is 5.84. The molecule has 0 fully saturated rings. The Labute approximate surface area is 115 Å². The van der Waals surface area contributed by atoms with Gasteiger partial charge in [-0.2, -0.15) is 0 Å². The van der Waals surface area contributed by atoms with Crippen LogP contribution in [0.15, 0.2) is 47.5 Å². The molecule has 2 N–H and O–H groups in total. The SMILES string of the molecule is CO[14C](=O)c1ccc(N=Cc2cc(O)ccc2O)cc1. The number of methoxy groups -OCH3 is 1. The zero-order chi connectivity index (χ0) is 14.5. The summed E-state index contributed by atoms with van der Waals surface area (Å²) in [7, 11) is 1.32. The molecule has 0 saturated carbocycles. The van der Waals surface area contributed by atoms with E-state index >= 15 is 0 Å². The molecule has 5 heteroatoms. The predicted molar refractivity (Wildman–Crippen MR) is 74.8 cm³/mol. The molecule has 0 aliphatic carbocycles. The van der Waals surface area contributed by atoms with Gasteiger partial charge in [-0.1, -0.05) is 0 Å². The van der Waals surface area contributed by atoms with Crippen molar-refractivity contribution in [3.63, 3.8) is 0 Å². The van der Waals surface area contributed by atoms with Gasteiger partial charge in [-0.25, -0.2) is 4.79 Å². The Morgan fingerprint density at radius 3 is 2.50 bits per heavy atom. The van der Waals surface area contributed by atoms with Crippen LogP contribution in [-0.2, 0) is 4.74 Å². The van der Waals surface area contributed by atoms with Crippen molar-refractivity contribution in [2.45, 2.75) is 0 Å². The van der Waals surface area contributed by atoms with Crippen molar-refractivity contribution in [2.24, 2.45) is 4.99 Å². The minimum absolute atomic E-state index is 0.0257. The fourth-order valence-electron chi connectivity index (χ4n) is 1.59. The quantitative estimate of drug-likeness (QED) is 0.512. The van der Waals surface area contributed by atoms with Crippen LogP contribution in [0.5, 0.6) is 11.5 Å². The Morgan fingerprint density at radius 1 is 1.15 bits per heavy atom. The summed E-state index contributed by atoms with van der Waals surface area (Å²) in [5.74, 6) is -0.339. The van der Waals surface area contributed by atoms with E-state index in [-0.39, 0.29) is 11.5 Å². The molecule has 20 heavy (non-hydrogen) atoms. The highest BCUT2D eigenvalue weighted by Gasteiger charge is 2.04. The molecule has 0 atom stereocenters. The maximum absolute atomic E-state index is 11.3. The third kappa shape index (κ3) is 3.14. The number of benzene rings is 2. The number of ether oxygens (including phenoxy) is 1. The van der Waals surface area contributed by atoms with Crippen LogP contribution in [0.4, 0.5) is 5.69 Å². The monoisotopic (exact) mass is 273 g/mol. The second kappa shape index (κ2) is 5.88. The van der Waals surface area contributed by atoms with Gasteiger partial charge in [0.1, 0.15) is 11.5 Å². The second-order valence-corrected chi connectivity index (χ2v) is 4.04. The number of esters is 1. The molecule has 0 saturated heterocycles. The molecule has 0 amide bonds. The number of aliphatic imine (C=N–C) groups is 1. The minimum Gasteiger partial charge on any atom is -0.508 e. The molecule has 0 aromatic heterocycles. The van der Waals surface area contributed by atoms with Crippen molar-refractivity contribution in [3.8, 4) is 11.5 Å². The molecule has 2 aromatic rings. The lowest BCUT2D eigenvalue weighted by Crippen LogP contribution is -1.99. The lowest BCUT2D eigenvalue weighted by Gasteiger charge is -2.00. The number of phenols is 2. The minimum atomic E-state index is -0.411. The van der Waals surface area contributed by atoms with E-state index in [2.05, 4.69) is 9.73 Å². The number of rotatable bonds is 3. The maximum atomic E-state index is 11.3. The summed E-state index contributed by atoms with van der Waals surface area (Å²) in [4.78, 5) is 15.4. The predicted octanol–water partition coefficient (Wildman–Crippen LogP) is 2.64. The Balaban J connectivity index is 2.19. The fraction of sp³-hybridized carbons (Fsp3) is 0.0667. The summed E-state index contributed by atoms with van der Waals surface area (Å²) in [6, 6.07) is 10.7. The summed E-state index contributed by atoms with van der Waals surface area (Å²) in [6.45, 7) is 0. The van der Waals surface area contributed by atoms with E-state index in [9.17, 15) is 15.0 Å². The number of nitrogens with zero attached hydrogens (tertiary/aromatic N) is 1. The van der Waals surface area contributed by atoms with Crippen LogP contribution in [0.25, 0.3) is 0 Å². The van der Waals surface area contributed by atoms with Crippen molar-refractivity contribution in [3.05, 3.63) is 53.6 Å². The average Bonchev–Trinajstić information content (AvgIpc) is 2.48. The number of aromatic hydroxyl groups is 2. The highest BCUT2D eigenvalue weighted by atomic mass is 16.8. The molecule has 0 aliphatic heterocycles. The van der Waals surface area contributed by atoms with Crippen LogP contribution in [-0.4, -0.2) is 29.5 Å². The summed E-state index contributed by atoms with van der Waals surface area (Å²) >= 11 is 0. The van der Waals surface area contributed by atoms with Crippen LogP contribution < -0.4 is 0 Å². The van der Waals surface area contributed by atoms with Gasteiger partial charge < -0.3 is 14.9 Å². The van der Waals surface area contributed by atoms with Crippen molar-refractivity contribution in [1.82, 2.24) is 0 Å². The van der Waals surface area contributed by atoms with E-state index in [0.29, 0.717) is 16.8 Å². The highest BCUT2D eigenvalue weighted by molar-refractivity contribution is 5.90. The van der Waals surface area contributed by atoms with Crippen LogP contribution in [0.1, 0.15) is 15.9 Å². The van der Waals surface area contributed by atoms with E-state index in [1.165, 1.54) is 31.5 Å². The average molecular weight is 273 g/mol. The number of hydrogen-bond acceptors (Lipinski definition) is 5. The Kier molecular flexibility index (Phi) is 4.00. The van der Waals surface area contributed by atoms with E-state index in [1.54, 1.807) is 24.3 Å². The van der Waals surface area contributed by atoms with Gasteiger partial charge in [0.05, 0.1) is 18.4 Å². The topological polar surface area (TPSA) is 79.1 Å². The second-order valence-electron chi connectivity index (χ2n) is 4.04.